The fourth-order valence-electron chi connectivity index (χ4n) is 0.967. The van der Waals surface area contributed by atoms with Crippen molar-refractivity contribution < 1.29 is 4.79 Å². The fourth-order valence-corrected chi connectivity index (χ4v) is 0.967. The van der Waals surface area contributed by atoms with Gasteiger partial charge < -0.3 is 10.6 Å². The minimum absolute atomic E-state index is 0.154. The van der Waals surface area contributed by atoms with E-state index >= 15 is 0 Å². The number of rotatable bonds is 7. The molecule has 13 heavy (non-hydrogen) atoms. The summed E-state index contributed by atoms with van der Waals surface area (Å²) in [6.07, 6.45) is 1.65. The highest BCUT2D eigenvalue weighted by atomic mass is 16.1. The van der Waals surface area contributed by atoms with Crippen LogP contribution in [0.3, 0.4) is 0 Å². The number of carbonyl (C=O) groups excluding carboxylic acids is 1. The van der Waals surface area contributed by atoms with E-state index in [1.165, 1.54) is 0 Å². The zero-order chi connectivity index (χ0) is 10.1. The van der Waals surface area contributed by atoms with Crippen LogP contribution in [0.2, 0.25) is 0 Å². The van der Waals surface area contributed by atoms with E-state index in [9.17, 15) is 4.79 Å². The number of hydrogen-bond acceptors (Lipinski definition) is 2. The lowest BCUT2D eigenvalue weighted by Gasteiger charge is -2.06. The summed E-state index contributed by atoms with van der Waals surface area (Å²) >= 11 is 0. The predicted octanol–water partition coefficient (Wildman–Crippen LogP) is 1.15. The lowest BCUT2D eigenvalue weighted by atomic mass is 10.1. The number of carbonyl (C=O) groups is 1. The lowest BCUT2D eigenvalue weighted by molar-refractivity contribution is -0.121. The van der Waals surface area contributed by atoms with Gasteiger partial charge >= 0.3 is 0 Å². The first-order valence-electron chi connectivity index (χ1n) is 5.14. The van der Waals surface area contributed by atoms with Crippen molar-refractivity contribution in [2.24, 2.45) is 5.92 Å². The summed E-state index contributed by atoms with van der Waals surface area (Å²) in [5.41, 5.74) is 0. The molecule has 0 aromatic carbocycles. The molecule has 0 aliphatic rings. The molecule has 0 aliphatic carbocycles. The van der Waals surface area contributed by atoms with E-state index < -0.39 is 0 Å². The highest BCUT2D eigenvalue weighted by Gasteiger charge is 1.99. The molecule has 0 atom stereocenters. The SMILES string of the molecule is CCNCCC(=O)NCCC(C)C. The smallest absolute Gasteiger partial charge is 0.221 e. The van der Waals surface area contributed by atoms with Gasteiger partial charge in [-0.3, -0.25) is 4.79 Å². The van der Waals surface area contributed by atoms with E-state index in [1.54, 1.807) is 0 Å². The molecule has 1 amide bonds. The molecule has 3 nitrogen and oxygen atoms in total. The Hall–Kier alpha value is -0.570. The minimum atomic E-state index is 0.154. The van der Waals surface area contributed by atoms with Crippen LogP contribution in [-0.2, 0) is 4.79 Å². The van der Waals surface area contributed by atoms with Gasteiger partial charge in [-0.05, 0) is 18.9 Å². The summed E-state index contributed by atoms with van der Waals surface area (Å²) < 4.78 is 0. The quantitative estimate of drug-likeness (QED) is 0.586. The second-order valence-corrected chi connectivity index (χ2v) is 3.64. The van der Waals surface area contributed by atoms with Crippen LogP contribution in [0.1, 0.15) is 33.6 Å². The van der Waals surface area contributed by atoms with Crippen molar-refractivity contribution >= 4 is 5.91 Å². The fraction of sp³-hybridized carbons (Fsp3) is 0.900. The molecule has 0 saturated heterocycles. The Kier molecular flexibility index (Phi) is 7.69. The topological polar surface area (TPSA) is 41.1 Å². The van der Waals surface area contributed by atoms with Crippen molar-refractivity contribution in [2.45, 2.75) is 33.6 Å². The Balaban J connectivity index is 3.20. The number of hydrogen-bond donors (Lipinski definition) is 2. The van der Waals surface area contributed by atoms with Crippen molar-refractivity contribution in [1.29, 1.82) is 0 Å². The maximum atomic E-state index is 11.1. The molecule has 0 aliphatic heterocycles. The van der Waals surface area contributed by atoms with Crippen LogP contribution in [-0.4, -0.2) is 25.5 Å². The third-order valence-electron chi connectivity index (χ3n) is 1.82. The van der Waals surface area contributed by atoms with Gasteiger partial charge in [0.15, 0.2) is 0 Å². The zero-order valence-corrected chi connectivity index (χ0v) is 9.02. The Morgan fingerprint density at radius 2 is 2.00 bits per heavy atom. The maximum absolute atomic E-state index is 11.1. The maximum Gasteiger partial charge on any atom is 0.221 e. The molecule has 3 heteroatoms. The molecule has 0 aromatic rings. The normalized spacial score (nSPS) is 10.5. The minimum Gasteiger partial charge on any atom is -0.356 e. The Morgan fingerprint density at radius 3 is 2.54 bits per heavy atom. The molecule has 0 aromatic heterocycles. The molecule has 0 saturated carbocycles. The highest BCUT2D eigenvalue weighted by Crippen LogP contribution is 1.96. The summed E-state index contributed by atoms with van der Waals surface area (Å²) in [7, 11) is 0. The lowest BCUT2D eigenvalue weighted by Crippen LogP contribution is -2.28. The largest absolute Gasteiger partial charge is 0.356 e. The van der Waals surface area contributed by atoms with E-state index in [-0.39, 0.29) is 5.91 Å². The van der Waals surface area contributed by atoms with E-state index in [4.69, 9.17) is 0 Å². The summed E-state index contributed by atoms with van der Waals surface area (Å²) in [6, 6.07) is 0. The number of nitrogens with one attached hydrogen (secondary N) is 2. The summed E-state index contributed by atoms with van der Waals surface area (Å²) in [6.45, 7) is 8.87. The van der Waals surface area contributed by atoms with Gasteiger partial charge in [-0.25, -0.2) is 0 Å². The monoisotopic (exact) mass is 186 g/mol. The molecule has 0 unspecified atom stereocenters. The second-order valence-electron chi connectivity index (χ2n) is 3.64. The summed E-state index contributed by atoms with van der Waals surface area (Å²) in [4.78, 5) is 11.1. The third-order valence-corrected chi connectivity index (χ3v) is 1.82. The molecule has 2 N–H and O–H groups in total. The highest BCUT2D eigenvalue weighted by molar-refractivity contribution is 5.75. The Bertz CT molecular complexity index is 135. The molecule has 78 valence electrons. The molecular formula is C10H22N2O. The van der Waals surface area contributed by atoms with E-state index in [0.29, 0.717) is 12.3 Å². The molecular weight excluding hydrogens is 164 g/mol. The summed E-state index contributed by atoms with van der Waals surface area (Å²) in [5.74, 6) is 0.815. The average molecular weight is 186 g/mol. The van der Waals surface area contributed by atoms with Crippen LogP contribution in [0.4, 0.5) is 0 Å². The van der Waals surface area contributed by atoms with Gasteiger partial charge in [0.05, 0.1) is 0 Å². The van der Waals surface area contributed by atoms with Crippen molar-refractivity contribution in [3.8, 4) is 0 Å². The molecule has 0 rings (SSSR count). The van der Waals surface area contributed by atoms with Gasteiger partial charge in [-0.2, -0.15) is 0 Å². The van der Waals surface area contributed by atoms with E-state index in [1.807, 2.05) is 6.92 Å². The van der Waals surface area contributed by atoms with Gasteiger partial charge in [-0.15, -0.1) is 0 Å². The number of amides is 1. The van der Waals surface area contributed by atoms with E-state index in [2.05, 4.69) is 24.5 Å². The predicted molar refractivity (Wildman–Crippen MR) is 55.6 cm³/mol. The Labute approximate surface area is 81.3 Å². The second kappa shape index (κ2) is 8.05. The van der Waals surface area contributed by atoms with Crippen molar-refractivity contribution in [3.05, 3.63) is 0 Å². The molecule has 0 heterocycles. The first-order chi connectivity index (χ1) is 6.16. The van der Waals surface area contributed by atoms with Gasteiger partial charge in [-0.1, -0.05) is 20.8 Å². The average Bonchev–Trinajstić information content (AvgIpc) is 2.04. The first-order valence-corrected chi connectivity index (χ1v) is 5.14. The zero-order valence-electron chi connectivity index (χ0n) is 9.02. The van der Waals surface area contributed by atoms with Gasteiger partial charge in [0.2, 0.25) is 5.91 Å². The van der Waals surface area contributed by atoms with Gasteiger partial charge in [0.25, 0.3) is 0 Å². The standard InChI is InChI=1S/C10H22N2O/c1-4-11-7-6-10(13)12-8-5-9(2)3/h9,11H,4-8H2,1-3H3,(H,12,13). The molecule has 0 bridgehead atoms. The van der Waals surface area contributed by atoms with Crippen LogP contribution in [0.25, 0.3) is 0 Å². The first kappa shape index (κ1) is 12.4. The third kappa shape index (κ3) is 9.34. The van der Waals surface area contributed by atoms with Gasteiger partial charge in [0, 0.05) is 19.5 Å². The Morgan fingerprint density at radius 1 is 1.31 bits per heavy atom. The van der Waals surface area contributed by atoms with E-state index in [0.717, 1.165) is 26.1 Å². The molecule has 0 fully saturated rings. The van der Waals surface area contributed by atoms with Crippen LogP contribution >= 0.6 is 0 Å². The molecule has 0 radical (unpaired) electrons. The van der Waals surface area contributed by atoms with Crippen LogP contribution in [0.15, 0.2) is 0 Å². The van der Waals surface area contributed by atoms with Crippen molar-refractivity contribution in [3.63, 3.8) is 0 Å². The van der Waals surface area contributed by atoms with Gasteiger partial charge in [0.1, 0.15) is 0 Å². The molecule has 0 spiro atoms. The van der Waals surface area contributed by atoms with Crippen LogP contribution in [0.5, 0.6) is 0 Å². The van der Waals surface area contributed by atoms with Crippen molar-refractivity contribution in [2.75, 3.05) is 19.6 Å². The summed E-state index contributed by atoms with van der Waals surface area (Å²) in [5, 5.41) is 6.01. The van der Waals surface area contributed by atoms with Crippen molar-refractivity contribution in [1.82, 2.24) is 10.6 Å². The van der Waals surface area contributed by atoms with Crippen LogP contribution in [0, 0.1) is 5.92 Å². The van der Waals surface area contributed by atoms with Crippen LogP contribution < -0.4 is 10.6 Å².